The summed E-state index contributed by atoms with van der Waals surface area (Å²) in [5.41, 5.74) is 7.20. The van der Waals surface area contributed by atoms with Crippen molar-refractivity contribution in [3.8, 4) is 5.75 Å². The molecule has 1 atom stereocenters. The number of nitrogens with two attached hydrogens (primary N) is 1. The van der Waals surface area contributed by atoms with E-state index in [1.807, 2.05) is 0 Å². The summed E-state index contributed by atoms with van der Waals surface area (Å²) in [7, 11) is -3.36. The fourth-order valence-corrected chi connectivity index (χ4v) is 4.42. The minimum absolute atomic E-state index is 0.00749. The fourth-order valence-electron chi connectivity index (χ4n) is 3.55. The largest absolute Gasteiger partial charge is 0.491 e. The number of benzene rings is 1. The lowest BCUT2D eigenvalue weighted by Gasteiger charge is -2.36. The number of amides is 1. The van der Waals surface area contributed by atoms with E-state index in [4.69, 9.17) is 10.5 Å². The highest BCUT2D eigenvalue weighted by molar-refractivity contribution is 8.24. The number of amidine groups is 1. The van der Waals surface area contributed by atoms with Crippen LogP contribution in [0.3, 0.4) is 0 Å². The molecule has 1 aromatic carbocycles. The maximum absolute atomic E-state index is 12.9. The van der Waals surface area contributed by atoms with Crippen molar-refractivity contribution in [2.24, 2.45) is 10.1 Å². The van der Waals surface area contributed by atoms with Crippen LogP contribution in [0.5, 0.6) is 5.75 Å². The predicted molar refractivity (Wildman–Crippen MR) is 110 cm³/mol. The molecule has 3 heterocycles. The molecule has 10 nitrogen and oxygen atoms in total. The Kier molecular flexibility index (Phi) is 5.26. The number of aromatic nitrogens is 2. The first-order valence-electron chi connectivity index (χ1n) is 9.19. The number of hydrogen-bond acceptors (Lipinski definition) is 9. The van der Waals surface area contributed by atoms with E-state index < -0.39 is 11.0 Å². The number of rotatable bonds is 4. The van der Waals surface area contributed by atoms with E-state index in [0.717, 1.165) is 19.3 Å². The van der Waals surface area contributed by atoms with Crippen LogP contribution in [0.4, 0.5) is 5.69 Å². The SMILES string of the molecule is NC1=NS(O)(O)Nc2cccc(OCC3CCCCN3C(=O)c3ccncn3)c21. The third-order valence-corrected chi connectivity index (χ3v) is 5.82. The Morgan fingerprint density at radius 1 is 1.34 bits per heavy atom. The Balaban J connectivity index is 1.52. The van der Waals surface area contributed by atoms with E-state index >= 15 is 0 Å². The Morgan fingerprint density at radius 2 is 2.21 bits per heavy atom. The van der Waals surface area contributed by atoms with Crippen molar-refractivity contribution >= 4 is 28.4 Å². The van der Waals surface area contributed by atoms with E-state index in [9.17, 15) is 13.9 Å². The summed E-state index contributed by atoms with van der Waals surface area (Å²) in [5.74, 6) is 0.311. The van der Waals surface area contributed by atoms with Crippen LogP contribution in [-0.4, -0.2) is 54.9 Å². The molecule has 4 rings (SSSR count). The van der Waals surface area contributed by atoms with Crippen LogP contribution >= 0.6 is 11.0 Å². The predicted octanol–water partition coefficient (Wildman–Crippen LogP) is 2.26. The zero-order valence-electron chi connectivity index (χ0n) is 15.6. The Bertz CT molecular complexity index is 939. The highest BCUT2D eigenvalue weighted by Gasteiger charge is 2.30. The van der Waals surface area contributed by atoms with Gasteiger partial charge in [-0.25, -0.2) is 9.97 Å². The lowest BCUT2D eigenvalue weighted by atomic mass is 10.0. The second-order valence-electron chi connectivity index (χ2n) is 6.83. The van der Waals surface area contributed by atoms with Crippen LogP contribution in [0.15, 0.2) is 41.2 Å². The average molecular weight is 418 g/mol. The van der Waals surface area contributed by atoms with Crippen molar-refractivity contribution in [3.05, 3.63) is 48.0 Å². The number of nitrogens with one attached hydrogen (secondary N) is 1. The molecule has 0 bridgehead atoms. The van der Waals surface area contributed by atoms with E-state index in [-0.39, 0.29) is 24.4 Å². The quantitative estimate of drug-likeness (QED) is 0.591. The third kappa shape index (κ3) is 4.11. The molecule has 1 unspecified atom stereocenters. The Hall–Kier alpha value is -2.89. The topological polar surface area (TPSA) is 146 Å². The third-order valence-electron chi connectivity index (χ3n) is 4.88. The molecule has 5 N–H and O–H groups in total. The van der Waals surface area contributed by atoms with Crippen molar-refractivity contribution in [2.75, 3.05) is 17.9 Å². The summed E-state index contributed by atoms with van der Waals surface area (Å²) < 4.78 is 31.9. The summed E-state index contributed by atoms with van der Waals surface area (Å²) in [6, 6.07) is 6.61. The summed E-state index contributed by atoms with van der Waals surface area (Å²) in [5, 5.41) is 0. The molecule has 0 saturated carbocycles. The molecule has 0 spiro atoms. The van der Waals surface area contributed by atoms with E-state index in [1.165, 1.54) is 6.33 Å². The van der Waals surface area contributed by atoms with Gasteiger partial charge in [0.15, 0.2) is 5.84 Å². The number of nitrogens with zero attached hydrogens (tertiary/aromatic N) is 4. The van der Waals surface area contributed by atoms with Crippen molar-refractivity contribution in [3.63, 3.8) is 0 Å². The second kappa shape index (κ2) is 7.85. The summed E-state index contributed by atoms with van der Waals surface area (Å²) in [6.07, 6.45) is 5.65. The molecule has 2 aliphatic heterocycles. The molecule has 1 amide bonds. The van der Waals surface area contributed by atoms with Crippen LogP contribution in [-0.2, 0) is 0 Å². The van der Waals surface area contributed by atoms with Gasteiger partial charge in [0, 0.05) is 12.7 Å². The van der Waals surface area contributed by atoms with Crippen LogP contribution in [0, 0.1) is 0 Å². The van der Waals surface area contributed by atoms with Gasteiger partial charge in [0.1, 0.15) is 24.4 Å². The number of carbonyl (C=O) groups is 1. The van der Waals surface area contributed by atoms with Crippen LogP contribution in [0.1, 0.15) is 35.3 Å². The maximum Gasteiger partial charge on any atom is 0.272 e. The number of ether oxygens (including phenoxy) is 1. The van der Waals surface area contributed by atoms with Gasteiger partial charge in [-0.3, -0.25) is 18.6 Å². The molecule has 2 aromatic rings. The Morgan fingerprint density at radius 3 is 3.00 bits per heavy atom. The molecule has 0 radical (unpaired) electrons. The zero-order valence-corrected chi connectivity index (χ0v) is 16.4. The van der Waals surface area contributed by atoms with Gasteiger partial charge in [-0.05, 0) is 48.4 Å². The summed E-state index contributed by atoms with van der Waals surface area (Å²) in [6.45, 7) is 0.909. The average Bonchev–Trinajstić information content (AvgIpc) is 2.71. The van der Waals surface area contributed by atoms with Gasteiger partial charge < -0.3 is 15.4 Å². The lowest BCUT2D eigenvalue weighted by molar-refractivity contribution is 0.0522. The summed E-state index contributed by atoms with van der Waals surface area (Å²) >= 11 is 0. The van der Waals surface area contributed by atoms with Gasteiger partial charge in [-0.1, -0.05) is 6.07 Å². The monoisotopic (exact) mass is 418 g/mol. The molecule has 11 heteroatoms. The first-order valence-corrected chi connectivity index (χ1v) is 10.7. The normalized spacial score (nSPS) is 21.4. The standard InChI is InChI=1S/C18H22N6O4S/c19-17-16-13(22-29(26,27)23-17)5-3-6-15(16)28-10-12-4-1-2-9-24(12)18(25)14-7-8-20-11-21-14/h3,5-8,11-12,22,26-27H,1-2,4,9-10H2,(H2,19,23). The van der Waals surface area contributed by atoms with Crippen molar-refractivity contribution < 1.29 is 18.6 Å². The van der Waals surface area contributed by atoms with Crippen LogP contribution < -0.4 is 15.2 Å². The first-order chi connectivity index (χ1) is 13.9. The van der Waals surface area contributed by atoms with Crippen LogP contribution in [0.25, 0.3) is 0 Å². The fraction of sp³-hybridized carbons (Fsp3) is 0.333. The van der Waals surface area contributed by atoms with Crippen molar-refractivity contribution in [1.82, 2.24) is 14.9 Å². The van der Waals surface area contributed by atoms with E-state index in [2.05, 4.69) is 19.1 Å². The number of likely N-dealkylation sites (tertiary alicyclic amines) is 1. The van der Waals surface area contributed by atoms with Gasteiger partial charge in [-0.2, -0.15) is 0 Å². The molecule has 1 fully saturated rings. The molecule has 154 valence electrons. The number of fused-ring (bicyclic) bond motifs is 1. The summed E-state index contributed by atoms with van der Waals surface area (Å²) in [4.78, 5) is 22.6. The number of anilines is 1. The van der Waals surface area contributed by atoms with Gasteiger partial charge in [-0.15, -0.1) is 4.40 Å². The number of piperidine rings is 1. The first kappa shape index (κ1) is 19.4. The van der Waals surface area contributed by atoms with Gasteiger partial charge in [0.2, 0.25) is 0 Å². The van der Waals surface area contributed by atoms with Crippen molar-refractivity contribution in [2.45, 2.75) is 25.3 Å². The van der Waals surface area contributed by atoms with Gasteiger partial charge in [0.25, 0.3) is 5.91 Å². The maximum atomic E-state index is 12.9. The molecule has 1 saturated heterocycles. The molecule has 29 heavy (non-hydrogen) atoms. The molecule has 2 aliphatic rings. The molecular weight excluding hydrogens is 396 g/mol. The lowest BCUT2D eigenvalue weighted by Crippen LogP contribution is -2.47. The second-order valence-corrected chi connectivity index (χ2v) is 8.25. The minimum atomic E-state index is -3.36. The van der Waals surface area contributed by atoms with Crippen LogP contribution in [0.2, 0.25) is 0 Å². The van der Waals surface area contributed by atoms with E-state index in [0.29, 0.717) is 29.2 Å². The van der Waals surface area contributed by atoms with Crippen molar-refractivity contribution in [1.29, 1.82) is 0 Å². The highest BCUT2D eigenvalue weighted by Crippen LogP contribution is 2.46. The van der Waals surface area contributed by atoms with Gasteiger partial charge in [0.05, 0.1) is 17.3 Å². The molecule has 1 aromatic heterocycles. The van der Waals surface area contributed by atoms with Gasteiger partial charge >= 0.3 is 0 Å². The number of carbonyl (C=O) groups excluding carboxylic acids is 1. The Labute approximate surface area is 169 Å². The number of hydrogen-bond donors (Lipinski definition) is 4. The van der Waals surface area contributed by atoms with E-state index in [1.54, 1.807) is 35.4 Å². The molecular formula is C18H22N6O4S. The minimum Gasteiger partial charge on any atom is -0.491 e. The zero-order chi connectivity index (χ0) is 20.4. The highest BCUT2D eigenvalue weighted by atomic mass is 32.3. The molecule has 0 aliphatic carbocycles. The smallest absolute Gasteiger partial charge is 0.272 e.